The molecule has 1 aliphatic heterocycles. The molecule has 0 bridgehead atoms. The van der Waals surface area contributed by atoms with Gasteiger partial charge in [-0.2, -0.15) is 37.0 Å². The van der Waals surface area contributed by atoms with Gasteiger partial charge in [0.2, 0.25) is 47.3 Å². The minimum absolute atomic E-state index is 0.0300. The normalized spacial score (nSPS) is 17.3. The van der Waals surface area contributed by atoms with Crippen molar-refractivity contribution >= 4 is 123 Å². The number of amides is 8. The number of hydrogen-bond acceptors (Lipinski definition) is 15. The maximum absolute atomic E-state index is 15.2. The van der Waals surface area contributed by atoms with Gasteiger partial charge < -0.3 is 73.4 Å². The highest BCUT2D eigenvalue weighted by atomic mass is 32.2. The predicted octanol–water partition coefficient (Wildman–Crippen LogP) is 5.89. The SMILES string of the molecule is CCCN1C[C@H](CSCC(=O)N[C@H](Cc2ccccc2)C(=O)N[C@@H](CS)C(=O)N[C@@H](Cc2ccc(O)cc2)C(=O)N[C@H](Cc2c[nH]c3ccccc23)C(=O)N[C@@H](CCCCN)C(=O)N[C@H](C(=O)N[C@@H](CS)C(=O)N[C@@H](Cc2c[nH]c3ccccc23)C(=O)O)C(C)C)CC2c3cccc4[nH]cc(c34)CC21. The quantitative estimate of drug-likeness (QED) is 0.0160. The standard InChI is InChI=1S/C77H95N13O11S3/c1-4-29-90-39-47(30-55-54-19-14-23-58-68(54)50(38-81-58)35-66(55)90)42-104-43-67(92)82-60(31-45-15-6-5-7-16-45)71(94)87-64(40-102)74(97)84-61(32-46-24-26-51(91)27-25-46)72(95)85-62(33-48-36-79-56-20-10-8-17-52(48)56)73(96)83-59(22-12-13-28-78)70(93)89-69(44(2)3)76(99)88-65(41-103)75(98)86-63(77(100)101)34-49-37-80-57-21-11-9-18-53(49)57/h5-11,14-21,23-27,36-38,44,47,55,59-66,69,79-81,91,102-103H,4,12-13,22,28-35,39-43,78H2,1-3H3,(H,82,92)(H,83,96)(H,84,97)(H,85,95)(H,86,98)(H,87,94)(H,88,99)(H,89,93)(H,100,101)/t47-,55?,59+,60-,61+,62-,63+,64+,65+,66?,69+/m1/s1. The van der Waals surface area contributed by atoms with Crippen LogP contribution in [0, 0.1) is 11.8 Å². The van der Waals surface area contributed by atoms with Gasteiger partial charge in [-0.05, 0) is 133 Å². The average Bonchev–Trinajstić information content (AvgIpc) is 1.47. The number of thioether (sulfide) groups is 1. The average molecular weight is 1470 g/mol. The molecule has 2 unspecified atom stereocenters. The third kappa shape index (κ3) is 20.0. The van der Waals surface area contributed by atoms with Gasteiger partial charge in [-0.25, -0.2) is 4.79 Å². The van der Waals surface area contributed by atoms with Gasteiger partial charge in [0.1, 0.15) is 54.1 Å². The van der Waals surface area contributed by atoms with Crippen molar-refractivity contribution in [3.8, 4) is 5.75 Å². The monoisotopic (exact) mass is 1470 g/mol. The number of thiol groups is 2. The number of aromatic nitrogens is 3. The van der Waals surface area contributed by atoms with Gasteiger partial charge in [0.25, 0.3) is 0 Å². The minimum Gasteiger partial charge on any atom is -0.508 e. The van der Waals surface area contributed by atoms with Gasteiger partial charge in [-0.15, -0.1) is 0 Å². The summed E-state index contributed by atoms with van der Waals surface area (Å²) in [6.07, 6.45) is 9.06. The molecule has 1 saturated heterocycles. The molecule has 0 saturated carbocycles. The molecule has 8 amide bonds. The van der Waals surface area contributed by atoms with Gasteiger partial charge in [-0.3, -0.25) is 43.3 Å². The first-order valence-corrected chi connectivity index (χ1v) is 38.0. The molecule has 24 nitrogen and oxygen atoms in total. The lowest BCUT2D eigenvalue weighted by atomic mass is 9.72. The number of nitrogens with zero attached hydrogens (tertiary/aromatic N) is 1. The van der Waals surface area contributed by atoms with Crippen molar-refractivity contribution < 1.29 is 53.4 Å². The highest BCUT2D eigenvalue weighted by Crippen LogP contribution is 2.45. The van der Waals surface area contributed by atoms with Crippen molar-refractivity contribution in [1.82, 2.24) is 62.4 Å². The second kappa shape index (κ2) is 36.9. The molecule has 0 spiro atoms. The summed E-state index contributed by atoms with van der Waals surface area (Å²) >= 11 is 10.4. The fourth-order valence-corrected chi connectivity index (χ4v) is 15.7. The molecule has 8 aromatic rings. The number of carboxylic acids is 1. The molecule has 2 aliphatic rings. The summed E-state index contributed by atoms with van der Waals surface area (Å²) in [7, 11) is 0. The van der Waals surface area contributed by atoms with E-state index in [-0.39, 0.29) is 67.6 Å². The Balaban J connectivity index is 0.824. The number of phenols is 1. The first-order chi connectivity index (χ1) is 50.2. The van der Waals surface area contributed by atoms with E-state index in [1.807, 2.05) is 78.9 Å². The highest BCUT2D eigenvalue weighted by molar-refractivity contribution is 7.99. The van der Waals surface area contributed by atoms with Gasteiger partial charge in [0.05, 0.1) is 5.75 Å². The van der Waals surface area contributed by atoms with Gasteiger partial charge in [0.15, 0.2) is 0 Å². The van der Waals surface area contributed by atoms with Crippen molar-refractivity contribution in [2.24, 2.45) is 17.6 Å². The third-order valence-electron chi connectivity index (χ3n) is 19.6. The first kappa shape index (κ1) is 77.3. The minimum atomic E-state index is -1.45. The van der Waals surface area contributed by atoms with Crippen LogP contribution in [-0.2, 0) is 75.3 Å². The van der Waals surface area contributed by atoms with E-state index in [0.29, 0.717) is 47.4 Å². The largest absolute Gasteiger partial charge is 0.508 e. The van der Waals surface area contributed by atoms with Crippen molar-refractivity contribution in [2.45, 2.75) is 145 Å². The number of nitrogens with one attached hydrogen (secondary N) is 11. The number of nitrogens with two attached hydrogens (primary N) is 1. The number of benzene rings is 5. The Morgan fingerprint density at radius 2 is 1.08 bits per heavy atom. The number of unbranched alkanes of at least 4 members (excludes halogenated alkanes) is 1. The van der Waals surface area contributed by atoms with Crippen LogP contribution in [-0.4, -0.2) is 180 Å². The lowest BCUT2D eigenvalue weighted by molar-refractivity contribution is -0.142. The summed E-state index contributed by atoms with van der Waals surface area (Å²) in [4.78, 5) is 141. The van der Waals surface area contributed by atoms with Gasteiger partial charge in [0, 0.05) is 107 Å². The van der Waals surface area contributed by atoms with Crippen LogP contribution in [0.25, 0.3) is 32.7 Å². The zero-order valence-electron chi connectivity index (χ0n) is 58.6. The number of aliphatic carboxylic acids is 1. The first-order valence-electron chi connectivity index (χ1n) is 35.6. The predicted molar refractivity (Wildman–Crippen MR) is 410 cm³/mol. The number of carbonyl (C=O) groups excluding carboxylic acids is 8. The van der Waals surface area contributed by atoms with E-state index in [0.717, 1.165) is 71.0 Å². The number of aromatic hydroxyl groups is 1. The number of likely N-dealkylation sites (tertiary alicyclic amines) is 1. The van der Waals surface area contributed by atoms with E-state index in [4.69, 9.17) is 5.73 Å². The van der Waals surface area contributed by atoms with Gasteiger partial charge >= 0.3 is 5.97 Å². The summed E-state index contributed by atoms with van der Waals surface area (Å²) in [5, 5.41) is 45.5. The fourth-order valence-electron chi connectivity index (χ4n) is 14.3. The maximum atomic E-state index is 15.2. The zero-order valence-corrected chi connectivity index (χ0v) is 61.2. The number of aromatic amines is 3. The zero-order chi connectivity index (χ0) is 74.0. The molecule has 4 heterocycles. The number of H-pyrrole nitrogens is 3. The van der Waals surface area contributed by atoms with Crippen LogP contribution in [0.3, 0.4) is 0 Å². The van der Waals surface area contributed by atoms with Crippen molar-refractivity contribution in [3.63, 3.8) is 0 Å². The molecular weight excluding hydrogens is 1380 g/mol. The molecule has 1 fully saturated rings. The Bertz CT molecular complexity index is 4300. The van der Waals surface area contributed by atoms with Crippen LogP contribution in [0.5, 0.6) is 5.75 Å². The van der Waals surface area contributed by atoms with Gasteiger partial charge in [-0.1, -0.05) is 112 Å². The molecule has 27 heteroatoms. The van der Waals surface area contributed by atoms with E-state index in [1.165, 1.54) is 40.4 Å². The van der Waals surface area contributed by atoms with Crippen LogP contribution in [0.1, 0.15) is 92.2 Å². The fraction of sp³-hybridized carbons (Fsp3) is 0.416. The maximum Gasteiger partial charge on any atom is 0.326 e. The van der Waals surface area contributed by atoms with Crippen LogP contribution in [0.15, 0.2) is 140 Å². The number of fused-ring (bicyclic) bond motifs is 4. The van der Waals surface area contributed by atoms with E-state index < -0.39 is 102 Å². The van der Waals surface area contributed by atoms with Crippen molar-refractivity contribution in [3.05, 3.63) is 173 Å². The van der Waals surface area contributed by atoms with E-state index >= 15 is 9.59 Å². The van der Waals surface area contributed by atoms with Crippen LogP contribution >= 0.6 is 37.0 Å². The Morgan fingerprint density at radius 1 is 0.567 bits per heavy atom. The molecule has 104 heavy (non-hydrogen) atoms. The molecule has 10 rings (SSSR count). The summed E-state index contributed by atoms with van der Waals surface area (Å²) in [6, 6.07) is 26.0. The second-order valence-electron chi connectivity index (χ2n) is 27.5. The molecule has 1 aliphatic carbocycles. The highest BCUT2D eigenvalue weighted by Gasteiger charge is 2.42. The molecule has 5 aromatic carbocycles. The van der Waals surface area contributed by atoms with E-state index in [2.05, 4.69) is 119 Å². The number of carbonyl (C=O) groups is 9. The smallest absolute Gasteiger partial charge is 0.326 e. The number of carboxylic acid groups (broad SMARTS) is 1. The topological polar surface area (TPSA) is 367 Å². The summed E-state index contributed by atoms with van der Waals surface area (Å²) in [5.74, 6) is -6.80. The lowest BCUT2D eigenvalue weighted by Gasteiger charge is -2.47. The Morgan fingerprint density at radius 3 is 1.67 bits per heavy atom. The molecule has 552 valence electrons. The second-order valence-corrected chi connectivity index (χ2v) is 29.2. The van der Waals surface area contributed by atoms with E-state index in [9.17, 15) is 43.8 Å². The van der Waals surface area contributed by atoms with Crippen molar-refractivity contribution in [1.29, 1.82) is 0 Å². The molecular formula is C77H95N13O11S3. The number of rotatable bonds is 37. The van der Waals surface area contributed by atoms with Crippen LogP contribution < -0.4 is 48.3 Å². The Labute approximate surface area is 619 Å². The lowest BCUT2D eigenvalue weighted by Crippen LogP contribution is -2.61. The van der Waals surface area contributed by atoms with E-state index in [1.54, 1.807) is 38.4 Å². The number of phenolic OH excluding ortho intramolecular Hbond substituents is 1. The third-order valence-corrected chi connectivity index (χ3v) is 21.5. The van der Waals surface area contributed by atoms with Crippen molar-refractivity contribution in [2.75, 3.05) is 42.6 Å². The Kier molecular flexibility index (Phi) is 27.5. The summed E-state index contributed by atoms with van der Waals surface area (Å²) < 4.78 is 0. The number of para-hydroxylation sites is 2. The summed E-state index contributed by atoms with van der Waals surface area (Å²) in [6.45, 7) is 7.70. The van der Waals surface area contributed by atoms with Crippen LogP contribution in [0.2, 0.25) is 0 Å². The number of hydrogen-bond donors (Lipinski definition) is 16. The number of piperidine rings is 1. The molecule has 3 aromatic heterocycles. The molecule has 15 N–H and O–H groups in total. The Hall–Kier alpha value is -9.28. The van der Waals surface area contributed by atoms with Crippen LogP contribution in [0.4, 0.5) is 0 Å². The molecule has 0 radical (unpaired) electrons. The molecule has 11 atom stereocenters. The summed E-state index contributed by atoms with van der Waals surface area (Å²) in [5.41, 5.74) is 13.8.